The standard InChI is InChI=1S/C21H19BrIN3O4/c1-11(2)19-25-17-6-5-14(22)9-15(17)20(27)26(19)24-10-13-4-7-18(16(23)8-13)30-12(3)21(28)29/h4-12H,1-3H3,(H,28,29)/t12-/m1/s1. The molecule has 1 aromatic heterocycles. The molecule has 2 aromatic carbocycles. The normalized spacial score (nSPS) is 12.6. The molecule has 0 aliphatic heterocycles. The number of hydrogen-bond donors (Lipinski definition) is 1. The van der Waals surface area contributed by atoms with E-state index in [1.54, 1.807) is 36.5 Å². The first-order chi connectivity index (χ1) is 14.2. The fourth-order valence-electron chi connectivity index (χ4n) is 2.71. The highest BCUT2D eigenvalue weighted by Gasteiger charge is 2.15. The van der Waals surface area contributed by atoms with Crippen LogP contribution in [0.3, 0.4) is 0 Å². The fraction of sp³-hybridized carbons (Fsp3) is 0.238. The number of rotatable bonds is 6. The van der Waals surface area contributed by atoms with E-state index in [0.29, 0.717) is 22.5 Å². The molecular weight excluding hydrogens is 565 g/mol. The number of carboxylic acid groups (broad SMARTS) is 1. The summed E-state index contributed by atoms with van der Waals surface area (Å²) in [5.41, 5.74) is 1.12. The van der Waals surface area contributed by atoms with Crippen LogP contribution in [0.2, 0.25) is 0 Å². The lowest BCUT2D eigenvalue weighted by Gasteiger charge is -2.13. The zero-order valence-corrected chi connectivity index (χ0v) is 20.2. The molecule has 0 aliphatic rings. The number of hydrogen-bond acceptors (Lipinski definition) is 5. The quantitative estimate of drug-likeness (QED) is 0.337. The van der Waals surface area contributed by atoms with Crippen molar-refractivity contribution in [3.05, 3.63) is 66.2 Å². The van der Waals surface area contributed by atoms with Crippen molar-refractivity contribution in [1.82, 2.24) is 9.66 Å². The van der Waals surface area contributed by atoms with Crippen molar-refractivity contribution in [1.29, 1.82) is 0 Å². The molecule has 0 unspecified atom stereocenters. The number of fused-ring (bicyclic) bond motifs is 1. The molecule has 1 atom stereocenters. The van der Waals surface area contributed by atoms with Crippen LogP contribution in [-0.2, 0) is 4.79 Å². The zero-order chi connectivity index (χ0) is 22.0. The summed E-state index contributed by atoms with van der Waals surface area (Å²) in [4.78, 5) is 28.7. The van der Waals surface area contributed by atoms with Crippen molar-refractivity contribution >= 4 is 61.6 Å². The number of benzene rings is 2. The Bertz CT molecular complexity index is 1210. The molecular formula is C21H19BrIN3O4. The van der Waals surface area contributed by atoms with E-state index in [0.717, 1.165) is 13.6 Å². The van der Waals surface area contributed by atoms with Crippen LogP contribution < -0.4 is 10.3 Å². The summed E-state index contributed by atoms with van der Waals surface area (Å²) in [6, 6.07) is 10.6. The Morgan fingerprint density at radius 2 is 2.00 bits per heavy atom. The first-order valence-corrected chi connectivity index (χ1v) is 11.0. The van der Waals surface area contributed by atoms with Gasteiger partial charge < -0.3 is 9.84 Å². The van der Waals surface area contributed by atoms with Crippen molar-refractivity contribution in [3.8, 4) is 5.75 Å². The van der Waals surface area contributed by atoms with Crippen molar-refractivity contribution in [2.24, 2.45) is 5.10 Å². The summed E-state index contributed by atoms with van der Waals surface area (Å²) in [6.07, 6.45) is 0.624. The van der Waals surface area contributed by atoms with Crippen LogP contribution in [0.25, 0.3) is 10.9 Å². The van der Waals surface area contributed by atoms with Crippen molar-refractivity contribution in [2.75, 3.05) is 0 Å². The SMILES string of the molecule is CC(C)c1nc2ccc(Br)cc2c(=O)n1N=Cc1ccc(O[C@H](C)C(=O)O)c(I)c1. The summed E-state index contributed by atoms with van der Waals surface area (Å²) >= 11 is 5.46. The molecule has 0 amide bonds. The van der Waals surface area contributed by atoms with Gasteiger partial charge in [0, 0.05) is 10.4 Å². The van der Waals surface area contributed by atoms with Crippen LogP contribution >= 0.6 is 38.5 Å². The summed E-state index contributed by atoms with van der Waals surface area (Å²) in [5, 5.41) is 13.9. The predicted octanol–water partition coefficient (Wildman–Crippen LogP) is 4.62. The lowest BCUT2D eigenvalue weighted by molar-refractivity contribution is -0.144. The molecule has 3 aromatic rings. The molecule has 7 nitrogen and oxygen atoms in total. The number of ether oxygens (including phenoxy) is 1. The van der Waals surface area contributed by atoms with Crippen LogP contribution in [-0.4, -0.2) is 33.1 Å². The van der Waals surface area contributed by atoms with Crippen LogP contribution in [0, 0.1) is 3.57 Å². The first-order valence-electron chi connectivity index (χ1n) is 9.13. The maximum atomic E-state index is 13.0. The van der Waals surface area contributed by atoms with Crippen LogP contribution in [0.15, 0.2) is 50.8 Å². The summed E-state index contributed by atoms with van der Waals surface area (Å²) in [7, 11) is 0. The van der Waals surface area contributed by atoms with Gasteiger partial charge in [-0.3, -0.25) is 4.79 Å². The number of carbonyl (C=O) groups is 1. The van der Waals surface area contributed by atoms with Gasteiger partial charge in [0.25, 0.3) is 5.56 Å². The van der Waals surface area contributed by atoms with Gasteiger partial charge >= 0.3 is 5.97 Å². The molecule has 0 spiro atoms. The van der Waals surface area contributed by atoms with E-state index < -0.39 is 12.1 Å². The van der Waals surface area contributed by atoms with Gasteiger partial charge in [0.1, 0.15) is 11.6 Å². The Hall–Kier alpha value is -2.27. The van der Waals surface area contributed by atoms with Gasteiger partial charge in [0.05, 0.1) is 20.7 Å². The Kier molecular flexibility index (Phi) is 6.91. The maximum Gasteiger partial charge on any atom is 0.344 e. The third-order valence-corrected chi connectivity index (χ3v) is 5.62. The Morgan fingerprint density at radius 3 is 2.63 bits per heavy atom. The first kappa shape index (κ1) is 22.4. The lowest BCUT2D eigenvalue weighted by atomic mass is 10.2. The smallest absolute Gasteiger partial charge is 0.344 e. The second-order valence-corrected chi connectivity index (χ2v) is 9.01. The zero-order valence-electron chi connectivity index (χ0n) is 16.5. The van der Waals surface area contributed by atoms with E-state index in [1.165, 1.54) is 11.6 Å². The van der Waals surface area contributed by atoms with E-state index in [-0.39, 0.29) is 11.5 Å². The Balaban J connectivity index is 2.00. The van der Waals surface area contributed by atoms with E-state index in [4.69, 9.17) is 9.84 Å². The molecule has 30 heavy (non-hydrogen) atoms. The van der Waals surface area contributed by atoms with Crippen molar-refractivity contribution in [3.63, 3.8) is 0 Å². The largest absolute Gasteiger partial charge is 0.479 e. The van der Waals surface area contributed by atoms with Gasteiger partial charge in [-0.1, -0.05) is 29.8 Å². The molecule has 1 heterocycles. The lowest BCUT2D eigenvalue weighted by Crippen LogP contribution is -2.23. The minimum Gasteiger partial charge on any atom is -0.479 e. The third-order valence-electron chi connectivity index (χ3n) is 4.28. The molecule has 0 saturated heterocycles. The van der Waals surface area contributed by atoms with Crippen molar-refractivity contribution in [2.45, 2.75) is 32.8 Å². The molecule has 3 rings (SSSR count). The number of nitrogens with zero attached hydrogens (tertiary/aromatic N) is 3. The van der Waals surface area contributed by atoms with Crippen molar-refractivity contribution < 1.29 is 14.6 Å². The second-order valence-electron chi connectivity index (χ2n) is 6.94. The molecule has 0 aliphatic carbocycles. The van der Waals surface area contributed by atoms with E-state index in [2.05, 4.69) is 48.6 Å². The van der Waals surface area contributed by atoms with Crippen LogP contribution in [0.4, 0.5) is 0 Å². The highest BCUT2D eigenvalue weighted by Crippen LogP contribution is 2.23. The molecule has 0 radical (unpaired) electrons. The molecule has 156 valence electrons. The Labute approximate surface area is 195 Å². The van der Waals surface area contributed by atoms with Gasteiger partial charge in [-0.05, 0) is 71.5 Å². The second kappa shape index (κ2) is 9.25. The topological polar surface area (TPSA) is 93.8 Å². The minimum absolute atomic E-state index is 0.00341. The molecule has 0 saturated carbocycles. The van der Waals surface area contributed by atoms with Gasteiger partial charge in [-0.2, -0.15) is 9.78 Å². The van der Waals surface area contributed by atoms with Gasteiger partial charge in [-0.15, -0.1) is 0 Å². The molecule has 0 bridgehead atoms. The van der Waals surface area contributed by atoms with E-state index in [9.17, 15) is 9.59 Å². The number of halogens is 2. The van der Waals surface area contributed by atoms with Crippen LogP contribution in [0.1, 0.15) is 38.1 Å². The summed E-state index contributed by atoms with van der Waals surface area (Å²) < 4.78 is 8.29. The monoisotopic (exact) mass is 583 g/mol. The third kappa shape index (κ3) is 4.89. The fourth-order valence-corrected chi connectivity index (χ4v) is 3.74. The highest BCUT2D eigenvalue weighted by molar-refractivity contribution is 14.1. The van der Waals surface area contributed by atoms with Crippen LogP contribution in [0.5, 0.6) is 5.75 Å². The van der Waals surface area contributed by atoms with E-state index >= 15 is 0 Å². The number of aliphatic carboxylic acids is 1. The van der Waals surface area contributed by atoms with Gasteiger partial charge in [-0.25, -0.2) is 9.78 Å². The predicted molar refractivity (Wildman–Crippen MR) is 128 cm³/mol. The van der Waals surface area contributed by atoms with Gasteiger partial charge in [0.2, 0.25) is 0 Å². The highest BCUT2D eigenvalue weighted by atomic mass is 127. The average Bonchev–Trinajstić information content (AvgIpc) is 2.69. The molecule has 0 fully saturated rings. The van der Waals surface area contributed by atoms with E-state index in [1.807, 2.05) is 19.9 Å². The number of aromatic nitrogens is 2. The maximum absolute atomic E-state index is 13.0. The minimum atomic E-state index is -1.03. The summed E-state index contributed by atoms with van der Waals surface area (Å²) in [5.74, 6) is -0.000278. The molecule has 9 heteroatoms. The molecule has 1 N–H and O–H groups in total. The Morgan fingerprint density at radius 1 is 1.27 bits per heavy atom. The summed E-state index contributed by atoms with van der Waals surface area (Å²) in [6.45, 7) is 5.38. The average molecular weight is 584 g/mol. The van der Waals surface area contributed by atoms with Gasteiger partial charge in [0.15, 0.2) is 6.10 Å². The number of carboxylic acids is 1.